The zero-order valence-electron chi connectivity index (χ0n) is 11.1. The molecule has 0 N–H and O–H groups in total. The highest BCUT2D eigenvalue weighted by atomic mass is 16.1. The van der Waals surface area contributed by atoms with Gasteiger partial charge in [-0.25, -0.2) is 4.98 Å². The summed E-state index contributed by atoms with van der Waals surface area (Å²) in [4.78, 5) is 16.8. The largest absolute Gasteiger partial charge is 0.325 e. The molecule has 1 atom stereocenters. The third kappa shape index (κ3) is 2.35. The van der Waals surface area contributed by atoms with Crippen molar-refractivity contribution < 1.29 is 4.79 Å². The lowest BCUT2D eigenvalue weighted by Crippen LogP contribution is -2.16. The van der Waals surface area contributed by atoms with E-state index in [0.717, 1.165) is 18.4 Å². The predicted molar refractivity (Wildman–Crippen MR) is 74.2 cm³/mol. The molecular weight excluding hydrogens is 250 g/mol. The van der Waals surface area contributed by atoms with Gasteiger partial charge in [0, 0.05) is 12.5 Å². The third-order valence-corrected chi connectivity index (χ3v) is 3.67. The molecule has 4 nitrogen and oxygen atoms in total. The fraction of sp³-hybridized carbons (Fsp3) is 0.312. The summed E-state index contributed by atoms with van der Waals surface area (Å²) in [5.74, 6) is -0.419. The molecule has 0 radical (unpaired) electrons. The summed E-state index contributed by atoms with van der Waals surface area (Å²) >= 11 is 0. The summed E-state index contributed by atoms with van der Waals surface area (Å²) in [6, 6.07) is 12.0. The molecule has 1 aromatic carbocycles. The fourth-order valence-corrected chi connectivity index (χ4v) is 2.46. The Hall–Kier alpha value is -2.41. The number of aromatic nitrogens is 2. The second-order valence-corrected chi connectivity index (χ2v) is 5.11. The standard InChI is InChI=1S/C16H15N3O/c17-9-8-14(12-4-2-1-3-5-12)16(20)15-10-18-11-19(15)13-6-7-13/h1-5,10-11,13-14H,6-8H2. The molecule has 100 valence electrons. The van der Waals surface area contributed by atoms with Crippen LogP contribution in [0.4, 0.5) is 0 Å². The minimum Gasteiger partial charge on any atom is -0.325 e. The van der Waals surface area contributed by atoms with Crippen molar-refractivity contribution in [2.75, 3.05) is 0 Å². The number of benzene rings is 1. The van der Waals surface area contributed by atoms with E-state index in [2.05, 4.69) is 11.1 Å². The molecule has 1 unspecified atom stereocenters. The summed E-state index contributed by atoms with van der Waals surface area (Å²) < 4.78 is 1.95. The number of nitrogens with zero attached hydrogens (tertiary/aromatic N) is 3. The van der Waals surface area contributed by atoms with Gasteiger partial charge < -0.3 is 4.57 Å². The predicted octanol–water partition coefficient (Wildman–Crippen LogP) is 3.10. The summed E-state index contributed by atoms with van der Waals surface area (Å²) in [5, 5.41) is 9.01. The average molecular weight is 265 g/mol. The molecule has 1 aliphatic rings. The first kappa shape index (κ1) is 12.6. The number of nitriles is 1. The topological polar surface area (TPSA) is 58.7 Å². The van der Waals surface area contributed by atoms with Crippen LogP contribution >= 0.6 is 0 Å². The van der Waals surface area contributed by atoms with Crippen molar-refractivity contribution in [3.05, 3.63) is 54.1 Å². The zero-order valence-corrected chi connectivity index (χ0v) is 11.1. The van der Waals surface area contributed by atoms with Gasteiger partial charge in [-0.05, 0) is 18.4 Å². The SMILES string of the molecule is N#CCC(C(=O)c1cncn1C1CC1)c1ccccc1. The Balaban J connectivity index is 1.93. The van der Waals surface area contributed by atoms with Crippen LogP contribution in [0.3, 0.4) is 0 Å². The van der Waals surface area contributed by atoms with Crippen LogP contribution in [0, 0.1) is 11.3 Å². The Labute approximate surface area is 117 Å². The maximum atomic E-state index is 12.7. The molecule has 4 heteroatoms. The Kier molecular flexibility index (Phi) is 3.34. The van der Waals surface area contributed by atoms with Crippen molar-refractivity contribution >= 4 is 5.78 Å². The second-order valence-electron chi connectivity index (χ2n) is 5.11. The number of hydrogen-bond donors (Lipinski definition) is 0. The van der Waals surface area contributed by atoms with Crippen molar-refractivity contribution in [1.29, 1.82) is 5.26 Å². The highest BCUT2D eigenvalue weighted by Gasteiger charge is 2.30. The molecule has 0 spiro atoms. The van der Waals surface area contributed by atoms with Crippen LogP contribution in [0.25, 0.3) is 0 Å². The maximum absolute atomic E-state index is 12.7. The molecule has 3 rings (SSSR count). The molecule has 0 aliphatic heterocycles. The van der Waals surface area contributed by atoms with Gasteiger partial charge in [-0.3, -0.25) is 4.79 Å². The highest BCUT2D eigenvalue weighted by Crippen LogP contribution is 2.36. The molecule has 20 heavy (non-hydrogen) atoms. The summed E-state index contributed by atoms with van der Waals surface area (Å²) in [6.45, 7) is 0. The number of rotatable bonds is 5. The molecule has 1 fully saturated rings. The Bertz CT molecular complexity index is 650. The van der Waals surface area contributed by atoms with E-state index in [0.29, 0.717) is 11.7 Å². The van der Waals surface area contributed by atoms with Gasteiger partial charge in [-0.15, -0.1) is 0 Å². The lowest BCUT2D eigenvalue weighted by molar-refractivity contribution is 0.0951. The summed E-state index contributed by atoms with van der Waals surface area (Å²) in [6.07, 6.45) is 5.74. The number of carbonyl (C=O) groups excluding carboxylic acids is 1. The first-order valence-corrected chi connectivity index (χ1v) is 6.79. The molecule has 1 heterocycles. The summed E-state index contributed by atoms with van der Waals surface area (Å²) in [5.41, 5.74) is 1.51. The van der Waals surface area contributed by atoms with Crippen molar-refractivity contribution in [2.24, 2.45) is 0 Å². The Morgan fingerprint density at radius 1 is 1.40 bits per heavy atom. The van der Waals surface area contributed by atoms with Gasteiger partial charge in [0.25, 0.3) is 0 Å². The van der Waals surface area contributed by atoms with Gasteiger partial charge in [-0.1, -0.05) is 30.3 Å². The normalized spacial score (nSPS) is 15.6. The lowest BCUT2D eigenvalue weighted by atomic mass is 9.90. The Morgan fingerprint density at radius 3 is 2.80 bits per heavy atom. The van der Waals surface area contributed by atoms with Gasteiger partial charge in [0.1, 0.15) is 5.69 Å². The zero-order chi connectivity index (χ0) is 13.9. The van der Waals surface area contributed by atoms with Gasteiger partial charge in [0.05, 0.1) is 24.5 Å². The van der Waals surface area contributed by atoms with E-state index in [1.54, 1.807) is 12.5 Å². The van der Waals surface area contributed by atoms with Crippen molar-refractivity contribution in [2.45, 2.75) is 31.2 Å². The van der Waals surface area contributed by atoms with Crippen LogP contribution < -0.4 is 0 Å². The van der Waals surface area contributed by atoms with E-state index in [1.165, 1.54) is 0 Å². The van der Waals surface area contributed by atoms with Crippen molar-refractivity contribution in [3.63, 3.8) is 0 Å². The first-order chi connectivity index (χ1) is 9.81. The number of imidazole rings is 1. The highest BCUT2D eigenvalue weighted by molar-refractivity contribution is 5.99. The number of hydrogen-bond acceptors (Lipinski definition) is 3. The number of carbonyl (C=O) groups is 1. The lowest BCUT2D eigenvalue weighted by Gasteiger charge is -2.14. The number of ketones is 1. The van der Waals surface area contributed by atoms with Crippen LogP contribution in [0.5, 0.6) is 0 Å². The Morgan fingerprint density at radius 2 is 2.15 bits per heavy atom. The molecule has 0 saturated heterocycles. The van der Waals surface area contributed by atoms with Gasteiger partial charge in [0.15, 0.2) is 5.78 Å². The quantitative estimate of drug-likeness (QED) is 0.780. The van der Waals surface area contributed by atoms with Gasteiger partial charge >= 0.3 is 0 Å². The second kappa shape index (κ2) is 5.30. The van der Waals surface area contributed by atoms with Crippen LogP contribution in [-0.2, 0) is 0 Å². The minimum absolute atomic E-state index is 0.0119. The molecular formula is C16H15N3O. The molecule has 0 amide bonds. The third-order valence-electron chi connectivity index (χ3n) is 3.67. The maximum Gasteiger partial charge on any atom is 0.189 e. The van der Waals surface area contributed by atoms with Crippen LogP contribution in [0.15, 0.2) is 42.9 Å². The summed E-state index contributed by atoms with van der Waals surface area (Å²) in [7, 11) is 0. The van der Waals surface area contributed by atoms with E-state index in [9.17, 15) is 4.79 Å². The minimum atomic E-state index is -0.407. The van der Waals surface area contributed by atoms with Crippen molar-refractivity contribution in [1.82, 2.24) is 9.55 Å². The van der Waals surface area contributed by atoms with E-state index in [-0.39, 0.29) is 12.2 Å². The van der Waals surface area contributed by atoms with E-state index >= 15 is 0 Å². The molecule has 1 aromatic heterocycles. The van der Waals surface area contributed by atoms with Crippen molar-refractivity contribution in [3.8, 4) is 6.07 Å². The van der Waals surface area contributed by atoms with Crippen LogP contribution in [-0.4, -0.2) is 15.3 Å². The molecule has 0 bridgehead atoms. The van der Waals surface area contributed by atoms with Crippen LogP contribution in [0.2, 0.25) is 0 Å². The molecule has 2 aromatic rings. The fourth-order valence-electron chi connectivity index (χ4n) is 2.46. The molecule has 1 saturated carbocycles. The first-order valence-electron chi connectivity index (χ1n) is 6.79. The van der Waals surface area contributed by atoms with E-state index in [4.69, 9.17) is 5.26 Å². The monoisotopic (exact) mass is 265 g/mol. The van der Waals surface area contributed by atoms with E-state index < -0.39 is 5.92 Å². The van der Waals surface area contributed by atoms with Gasteiger partial charge in [-0.2, -0.15) is 5.26 Å². The van der Waals surface area contributed by atoms with Gasteiger partial charge in [0.2, 0.25) is 0 Å². The smallest absolute Gasteiger partial charge is 0.189 e. The molecule has 1 aliphatic carbocycles. The average Bonchev–Trinajstić information content (AvgIpc) is 3.22. The van der Waals surface area contributed by atoms with E-state index in [1.807, 2.05) is 34.9 Å². The number of Topliss-reactive ketones (excluding diaryl/α,β-unsaturated/α-hetero) is 1. The van der Waals surface area contributed by atoms with Crippen LogP contribution in [0.1, 0.15) is 47.3 Å².